The van der Waals surface area contributed by atoms with Gasteiger partial charge in [-0.2, -0.15) is 5.10 Å². The quantitative estimate of drug-likeness (QED) is 0.211. The lowest BCUT2D eigenvalue weighted by atomic mass is 9.93. The number of fused-ring (bicyclic) bond motifs is 2. The number of alkyl carbamates (subject to hydrolysis) is 1. The normalized spacial score (nSPS) is 12.9. The third kappa shape index (κ3) is 6.54. The summed E-state index contributed by atoms with van der Waals surface area (Å²) < 4.78 is 62.0. The van der Waals surface area contributed by atoms with Crippen molar-refractivity contribution in [3.63, 3.8) is 0 Å². The molecule has 0 fully saturated rings. The number of pyridine rings is 1. The lowest BCUT2D eigenvalue weighted by Gasteiger charge is -2.25. The van der Waals surface area contributed by atoms with E-state index in [1.165, 1.54) is 29.3 Å². The van der Waals surface area contributed by atoms with Crippen LogP contribution in [-0.4, -0.2) is 51.1 Å². The molecule has 0 saturated carbocycles. The van der Waals surface area contributed by atoms with Crippen molar-refractivity contribution < 1.29 is 26.7 Å². The Labute approximate surface area is 250 Å². The number of nitrogens with zero attached hydrogens (tertiary/aromatic N) is 4. The van der Waals surface area contributed by atoms with E-state index in [2.05, 4.69) is 30.1 Å². The van der Waals surface area contributed by atoms with E-state index in [9.17, 15) is 22.0 Å². The summed E-state index contributed by atoms with van der Waals surface area (Å²) in [7, 11) is -2.08. The van der Waals surface area contributed by atoms with Crippen molar-refractivity contribution in [2.45, 2.75) is 38.8 Å². The summed E-state index contributed by atoms with van der Waals surface area (Å²) in [4.78, 5) is 25.2. The van der Waals surface area contributed by atoms with Gasteiger partial charge in [0.05, 0.1) is 57.5 Å². The fourth-order valence-corrected chi connectivity index (χ4v) is 5.64. The number of amides is 1. The van der Waals surface area contributed by atoms with Crippen molar-refractivity contribution in [1.29, 1.82) is 0 Å². The van der Waals surface area contributed by atoms with Crippen molar-refractivity contribution in [3.8, 4) is 11.1 Å². The number of imidazole rings is 1. The Kier molecular flexibility index (Phi) is 7.77. The van der Waals surface area contributed by atoms with Gasteiger partial charge in [-0.1, -0.05) is 17.7 Å². The lowest BCUT2D eigenvalue weighted by Crippen LogP contribution is -2.36. The van der Waals surface area contributed by atoms with Crippen molar-refractivity contribution in [2.24, 2.45) is 7.05 Å². The predicted octanol–water partition coefficient (Wildman–Crippen LogP) is 5.62. The number of aromatic amines is 1. The van der Waals surface area contributed by atoms with Crippen LogP contribution in [0.4, 0.5) is 19.4 Å². The first-order valence-corrected chi connectivity index (χ1v) is 15.3. The molecule has 5 rings (SSSR count). The Morgan fingerprint density at radius 3 is 2.51 bits per heavy atom. The highest BCUT2D eigenvalue weighted by atomic mass is 35.5. The fraction of sp³-hybridized carbons (Fsp3) is 0.286. The zero-order chi connectivity index (χ0) is 31.3. The molecule has 0 spiro atoms. The van der Waals surface area contributed by atoms with E-state index in [1.807, 2.05) is 0 Å². The lowest BCUT2D eigenvalue weighted by molar-refractivity contribution is 0.0502. The van der Waals surface area contributed by atoms with Crippen LogP contribution >= 0.6 is 11.6 Å². The molecule has 11 nitrogen and oxygen atoms in total. The molecule has 0 aliphatic carbocycles. The fourth-order valence-electron chi connectivity index (χ4n) is 4.91. The molecule has 3 aromatic heterocycles. The van der Waals surface area contributed by atoms with E-state index in [1.54, 1.807) is 40.0 Å². The second-order valence-corrected chi connectivity index (χ2v) is 13.2. The molecule has 0 saturated heterocycles. The van der Waals surface area contributed by atoms with Gasteiger partial charge in [0.2, 0.25) is 10.0 Å². The first-order chi connectivity index (χ1) is 20.1. The summed E-state index contributed by atoms with van der Waals surface area (Å²) in [6, 6.07) is 5.43. The number of hydrogen-bond acceptors (Lipinski definition) is 7. The van der Waals surface area contributed by atoms with Gasteiger partial charge in [0.15, 0.2) is 5.82 Å². The molecule has 5 aromatic rings. The highest BCUT2D eigenvalue weighted by molar-refractivity contribution is 7.92. The Balaban J connectivity index is 1.76. The summed E-state index contributed by atoms with van der Waals surface area (Å²) in [6.07, 6.45) is 3.17. The Bertz CT molecular complexity index is 1970. The van der Waals surface area contributed by atoms with Gasteiger partial charge in [0, 0.05) is 24.2 Å². The van der Waals surface area contributed by atoms with Crippen LogP contribution in [-0.2, 0) is 28.2 Å². The van der Waals surface area contributed by atoms with E-state index in [0.717, 1.165) is 12.3 Å². The monoisotopic (exact) mass is 631 g/mol. The molecule has 43 heavy (non-hydrogen) atoms. The van der Waals surface area contributed by atoms with E-state index in [4.69, 9.17) is 16.3 Å². The molecule has 0 bridgehead atoms. The summed E-state index contributed by atoms with van der Waals surface area (Å²) >= 11 is 6.56. The van der Waals surface area contributed by atoms with Gasteiger partial charge >= 0.3 is 6.09 Å². The summed E-state index contributed by atoms with van der Waals surface area (Å²) in [6.45, 7) is 5.12. The number of H-pyrrole nitrogens is 1. The van der Waals surface area contributed by atoms with Crippen molar-refractivity contribution in [2.75, 3.05) is 11.0 Å². The molecule has 0 aliphatic heterocycles. The maximum Gasteiger partial charge on any atom is 0.408 e. The largest absolute Gasteiger partial charge is 0.444 e. The van der Waals surface area contributed by atoms with Gasteiger partial charge in [0.25, 0.3) is 0 Å². The number of carbonyl (C=O) groups excluding carboxylic acids is 1. The summed E-state index contributed by atoms with van der Waals surface area (Å²) in [5, 5.41) is 7.73. The van der Waals surface area contributed by atoms with Crippen molar-refractivity contribution in [1.82, 2.24) is 30.0 Å². The van der Waals surface area contributed by atoms with Crippen LogP contribution in [0.1, 0.15) is 38.1 Å². The second-order valence-electron chi connectivity index (χ2n) is 11.0. The predicted molar refractivity (Wildman–Crippen MR) is 159 cm³/mol. The summed E-state index contributed by atoms with van der Waals surface area (Å²) in [5.74, 6) is -1.53. The molecule has 15 heteroatoms. The maximum absolute atomic E-state index is 14.2. The first kappa shape index (κ1) is 30.2. The van der Waals surface area contributed by atoms with Crippen LogP contribution in [0, 0.1) is 11.6 Å². The van der Waals surface area contributed by atoms with E-state index in [0.29, 0.717) is 38.8 Å². The minimum Gasteiger partial charge on any atom is -0.444 e. The van der Waals surface area contributed by atoms with Crippen LogP contribution in [0.3, 0.4) is 0 Å². The highest BCUT2D eigenvalue weighted by Gasteiger charge is 2.29. The minimum absolute atomic E-state index is 0.0224. The number of ether oxygens (including phenoxy) is 1. The minimum atomic E-state index is -3.70. The van der Waals surface area contributed by atoms with Gasteiger partial charge in [-0.15, -0.1) is 0 Å². The Morgan fingerprint density at radius 2 is 1.86 bits per heavy atom. The van der Waals surface area contributed by atoms with E-state index < -0.39 is 39.4 Å². The molecule has 0 radical (unpaired) electrons. The zero-order valence-corrected chi connectivity index (χ0v) is 25.4. The molecular formula is C28H28ClF2N7O4S. The van der Waals surface area contributed by atoms with Gasteiger partial charge in [0.1, 0.15) is 17.2 Å². The molecule has 1 atom stereocenters. The van der Waals surface area contributed by atoms with Gasteiger partial charge < -0.3 is 15.0 Å². The number of anilines is 1. The van der Waals surface area contributed by atoms with Crippen molar-refractivity contribution >= 4 is 55.5 Å². The van der Waals surface area contributed by atoms with Crippen LogP contribution in [0.25, 0.3) is 33.1 Å². The second kappa shape index (κ2) is 11.1. The number of nitrogens with one attached hydrogen (secondary N) is 3. The van der Waals surface area contributed by atoms with E-state index >= 15 is 0 Å². The molecule has 3 heterocycles. The smallest absolute Gasteiger partial charge is 0.408 e. The molecule has 1 unspecified atom stereocenters. The summed E-state index contributed by atoms with van der Waals surface area (Å²) in [5.41, 5.74) is 2.17. The average Bonchev–Trinajstić information content (AvgIpc) is 3.46. The molecular weight excluding hydrogens is 604 g/mol. The number of rotatable bonds is 7. The number of halogens is 3. The number of hydrogen-bond donors (Lipinski definition) is 3. The van der Waals surface area contributed by atoms with E-state index in [-0.39, 0.29) is 22.8 Å². The van der Waals surface area contributed by atoms with Gasteiger partial charge in [-0.25, -0.2) is 27.0 Å². The zero-order valence-electron chi connectivity index (χ0n) is 23.8. The third-order valence-electron chi connectivity index (χ3n) is 6.37. The van der Waals surface area contributed by atoms with Crippen LogP contribution in [0.2, 0.25) is 5.02 Å². The number of carbonyl (C=O) groups is 1. The Hall–Kier alpha value is -4.30. The molecule has 2 aromatic carbocycles. The van der Waals surface area contributed by atoms with Crippen LogP contribution < -0.4 is 10.0 Å². The molecule has 3 N–H and O–H groups in total. The Morgan fingerprint density at radius 1 is 1.16 bits per heavy atom. The third-order valence-corrected chi connectivity index (χ3v) is 7.25. The molecule has 0 aliphatic rings. The van der Waals surface area contributed by atoms with Crippen molar-refractivity contribution in [3.05, 3.63) is 70.8 Å². The highest BCUT2D eigenvalue weighted by Crippen LogP contribution is 2.42. The number of benzene rings is 2. The first-order valence-electron chi connectivity index (χ1n) is 13.0. The SMILES string of the molecule is Cn1nc(NS(C)(=O)=O)c2c(Cl)ccc(-c3c(C(Cc4cc(F)cc(F)c4)NC(=O)OC(C)(C)C)ncc4[nH]cnc34)c21. The topological polar surface area (TPSA) is 144 Å². The average molecular weight is 632 g/mol. The van der Waals surface area contributed by atoms with Crippen LogP contribution in [0.5, 0.6) is 0 Å². The molecule has 1 amide bonds. The number of aromatic nitrogens is 5. The maximum atomic E-state index is 14.2. The number of aryl methyl sites for hydroxylation is 1. The van der Waals surface area contributed by atoms with Gasteiger partial charge in [-0.3, -0.25) is 14.4 Å². The van der Waals surface area contributed by atoms with Crippen LogP contribution in [0.15, 0.2) is 42.9 Å². The standard InChI is InChI=1S/C28H28ClF2N7O4S/c1-28(2,3)42-27(39)35-19(10-14-8-15(30)11-16(31)9-14)23-21(24-20(12-32-23)33-13-34-24)17-6-7-18(29)22-25(17)38(4)36-26(22)37-43(5,40)41/h6-9,11-13,19H,10H2,1-5H3,(H,33,34)(H,35,39)(H,36,37). The van der Waals surface area contributed by atoms with Gasteiger partial charge in [-0.05, 0) is 51.0 Å². The molecule has 226 valence electrons. The number of sulfonamides is 1.